The summed E-state index contributed by atoms with van der Waals surface area (Å²) in [5, 5.41) is 6.79. The fraction of sp³-hybridized carbons (Fsp3) is 0.182. The molecule has 0 saturated carbocycles. The smallest absolute Gasteiger partial charge is 0.360 e. The van der Waals surface area contributed by atoms with Gasteiger partial charge < -0.3 is 14.6 Å². The predicted octanol–water partition coefficient (Wildman–Crippen LogP) is 2.34. The molecule has 0 aliphatic rings. The molecule has 94 valence electrons. The van der Waals surface area contributed by atoms with Crippen molar-refractivity contribution in [1.82, 2.24) is 5.16 Å². The molecule has 1 N–H and O–H groups in total. The van der Waals surface area contributed by atoms with E-state index in [0.29, 0.717) is 21.1 Å². The maximum Gasteiger partial charge on any atom is 0.360 e. The highest BCUT2D eigenvalue weighted by Gasteiger charge is 2.18. The van der Waals surface area contributed by atoms with Crippen LogP contribution in [0, 0.1) is 0 Å². The lowest BCUT2D eigenvalue weighted by Crippen LogP contribution is -2.06. The third-order valence-corrected chi connectivity index (χ3v) is 2.91. The number of hydrogen-bond donors (Lipinski definition) is 1. The number of anilines is 1. The Morgan fingerprint density at radius 2 is 2.17 bits per heavy atom. The molecule has 0 spiro atoms. The zero-order valence-electron chi connectivity index (χ0n) is 9.61. The molecule has 2 aromatic rings. The van der Waals surface area contributed by atoms with Crippen molar-refractivity contribution < 1.29 is 18.8 Å². The van der Waals surface area contributed by atoms with Gasteiger partial charge in [-0.15, -0.1) is 0 Å². The lowest BCUT2D eigenvalue weighted by molar-refractivity contribution is -0.114. The minimum absolute atomic E-state index is 0.0996. The third-order valence-electron chi connectivity index (χ3n) is 2.25. The summed E-state index contributed by atoms with van der Waals surface area (Å²) in [5.74, 6) is -0.782. The van der Waals surface area contributed by atoms with Crippen LogP contribution in [0.25, 0.3) is 11.0 Å². The van der Waals surface area contributed by atoms with Gasteiger partial charge in [0.25, 0.3) is 0 Å². The van der Waals surface area contributed by atoms with Gasteiger partial charge in [-0.05, 0) is 22.0 Å². The second kappa shape index (κ2) is 4.77. The summed E-state index contributed by atoms with van der Waals surface area (Å²) in [6.45, 7) is 1.40. The Labute approximate surface area is 110 Å². The summed E-state index contributed by atoms with van der Waals surface area (Å²) in [4.78, 5) is 22.4. The number of aromatic nitrogens is 1. The van der Waals surface area contributed by atoms with Crippen molar-refractivity contribution in [2.45, 2.75) is 6.92 Å². The monoisotopic (exact) mass is 312 g/mol. The van der Waals surface area contributed by atoms with E-state index in [0.717, 1.165) is 0 Å². The molecule has 0 radical (unpaired) electrons. The first-order valence-electron chi connectivity index (χ1n) is 4.97. The summed E-state index contributed by atoms with van der Waals surface area (Å²) >= 11 is 3.30. The topological polar surface area (TPSA) is 81.4 Å². The second-order valence-electron chi connectivity index (χ2n) is 3.53. The number of methoxy groups -OCH3 is 1. The molecule has 1 aromatic carbocycles. The van der Waals surface area contributed by atoms with Gasteiger partial charge in [-0.25, -0.2) is 4.79 Å². The largest absolute Gasteiger partial charge is 0.464 e. The average molecular weight is 313 g/mol. The predicted molar refractivity (Wildman–Crippen MR) is 67.4 cm³/mol. The number of halogens is 1. The summed E-state index contributed by atoms with van der Waals surface area (Å²) < 4.78 is 10.2. The van der Waals surface area contributed by atoms with E-state index in [9.17, 15) is 9.59 Å². The first kappa shape index (κ1) is 12.6. The van der Waals surface area contributed by atoms with Gasteiger partial charge in [0.15, 0.2) is 11.3 Å². The highest BCUT2D eigenvalue weighted by atomic mass is 79.9. The van der Waals surface area contributed by atoms with E-state index >= 15 is 0 Å². The van der Waals surface area contributed by atoms with Gasteiger partial charge in [-0.1, -0.05) is 5.16 Å². The van der Waals surface area contributed by atoms with Crippen LogP contribution in [0.3, 0.4) is 0 Å². The van der Waals surface area contributed by atoms with Gasteiger partial charge in [-0.3, -0.25) is 4.79 Å². The maximum atomic E-state index is 11.4. The van der Waals surface area contributed by atoms with Crippen LogP contribution < -0.4 is 5.32 Å². The van der Waals surface area contributed by atoms with E-state index in [4.69, 9.17) is 4.52 Å². The van der Waals surface area contributed by atoms with Crippen LogP contribution in [0.5, 0.6) is 0 Å². The zero-order chi connectivity index (χ0) is 13.3. The Morgan fingerprint density at radius 1 is 1.44 bits per heavy atom. The van der Waals surface area contributed by atoms with Crippen LogP contribution in [0.15, 0.2) is 21.1 Å². The Bertz CT molecular complexity index is 635. The quantitative estimate of drug-likeness (QED) is 0.861. The Morgan fingerprint density at radius 3 is 2.78 bits per heavy atom. The molecule has 1 amide bonds. The number of nitrogens with one attached hydrogen (secondary N) is 1. The van der Waals surface area contributed by atoms with E-state index in [1.54, 1.807) is 12.1 Å². The molecule has 0 fully saturated rings. The summed E-state index contributed by atoms with van der Waals surface area (Å²) in [6.07, 6.45) is 0. The molecular formula is C11H9BrN2O4. The number of ether oxygens (including phenoxy) is 1. The molecule has 18 heavy (non-hydrogen) atoms. The Kier molecular flexibility index (Phi) is 3.33. The fourth-order valence-corrected chi connectivity index (χ4v) is 1.93. The molecule has 1 heterocycles. The van der Waals surface area contributed by atoms with Crippen molar-refractivity contribution >= 4 is 44.5 Å². The van der Waals surface area contributed by atoms with Gasteiger partial charge >= 0.3 is 5.97 Å². The molecule has 1 aromatic heterocycles. The molecule has 0 aliphatic carbocycles. The molecule has 0 bridgehead atoms. The molecule has 2 rings (SSSR count). The Balaban J connectivity index is 2.55. The highest BCUT2D eigenvalue weighted by molar-refractivity contribution is 9.10. The van der Waals surface area contributed by atoms with Gasteiger partial charge in [0.05, 0.1) is 18.2 Å². The number of esters is 1. The average Bonchev–Trinajstić information content (AvgIpc) is 2.71. The minimum Gasteiger partial charge on any atom is -0.464 e. The highest BCUT2D eigenvalue weighted by Crippen LogP contribution is 2.30. The summed E-state index contributed by atoms with van der Waals surface area (Å²) in [7, 11) is 1.27. The van der Waals surface area contributed by atoms with E-state index in [2.05, 4.69) is 31.1 Å². The van der Waals surface area contributed by atoms with E-state index in [-0.39, 0.29) is 11.6 Å². The van der Waals surface area contributed by atoms with Crippen molar-refractivity contribution in [2.24, 2.45) is 0 Å². The van der Waals surface area contributed by atoms with Crippen molar-refractivity contribution in [3.05, 3.63) is 22.3 Å². The number of carbonyl (C=O) groups excluding carboxylic acids is 2. The van der Waals surface area contributed by atoms with Crippen LogP contribution in [0.4, 0.5) is 5.69 Å². The van der Waals surface area contributed by atoms with E-state index in [1.807, 2.05) is 0 Å². The number of benzene rings is 1. The minimum atomic E-state index is -0.576. The van der Waals surface area contributed by atoms with E-state index in [1.165, 1.54) is 14.0 Å². The SMILES string of the molecule is COC(=O)c1noc2cc(NC(C)=O)c(Br)cc12. The molecule has 7 heteroatoms. The summed E-state index contributed by atoms with van der Waals surface area (Å²) in [6, 6.07) is 3.23. The number of amides is 1. The number of carbonyl (C=O) groups is 2. The zero-order valence-corrected chi connectivity index (χ0v) is 11.2. The van der Waals surface area contributed by atoms with Crippen LogP contribution in [-0.2, 0) is 9.53 Å². The molecule has 0 unspecified atom stereocenters. The maximum absolute atomic E-state index is 11.4. The van der Waals surface area contributed by atoms with Crippen LogP contribution >= 0.6 is 15.9 Å². The normalized spacial score (nSPS) is 10.4. The van der Waals surface area contributed by atoms with Crippen LogP contribution in [-0.4, -0.2) is 24.1 Å². The number of nitrogens with zero attached hydrogens (tertiary/aromatic N) is 1. The standard InChI is InChI=1S/C11H9BrN2O4/c1-5(15)13-8-4-9-6(3-7(8)12)10(14-18-9)11(16)17-2/h3-4H,1-2H3,(H,13,15). The molecule has 0 aliphatic heterocycles. The second-order valence-corrected chi connectivity index (χ2v) is 4.39. The van der Waals surface area contributed by atoms with Crippen molar-refractivity contribution in [1.29, 1.82) is 0 Å². The molecular weight excluding hydrogens is 304 g/mol. The summed E-state index contributed by atoms with van der Waals surface area (Å²) in [5.41, 5.74) is 1.03. The van der Waals surface area contributed by atoms with Crippen molar-refractivity contribution in [3.8, 4) is 0 Å². The van der Waals surface area contributed by atoms with Gasteiger partial charge in [0.1, 0.15) is 0 Å². The number of rotatable bonds is 2. The first-order chi connectivity index (χ1) is 8.52. The molecule has 6 nitrogen and oxygen atoms in total. The van der Waals surface area contributed by atoms with Gasteiger partial charge in [-0.2, -0.15) is 0 Å². The van der Waals surface area contributed by atoms with Crippen LogP contribution in [0.2, 0.25) is 0 Å². The lowest BCUT2D eigenvalue weighted by atomic mass is 10.2. The lowest BCUT2D eigenvalue weighted by Gasteiger charge is -2.04. The first-order valence-corrected chi connectivity index (χ1v) is 5.77. The number of hydrogen-bond acceptors (Lipinski definition) is 5. The fourth-order valence-electron chi connectivity index (χ4n) is 1.49. The van der Waals surface area contributed by atoms with Gasteiger partial charge in [0, 0.05) is 17.5 Å². The third kappa shape index (κ3) is 2.21. The number of fused-ring (bicyclic) bond motifs is 1. The molecule has 0 saturated heterocycles. The van der Waals surface area contributed by atoms with Crippen molar-refractivity contribution in [3.63, 3.8) is 0 Å². The Hall–Kier alpha value is -1.89. The van der Waals surface area contributed by atoms with Crippen molar-refractivity contribution in [2.75, 3.05) is 12.4 Å². The molecule has 0 atom stereocenters. The van der Waals surface area contributed by atoms with Crippen LogP contribution in [0.1, 0.15) is 17.4 Å². The van der Waals surface area contributed by atoms with E-state index < -0.39 is 5.97 Å². The van der Waals surface area contributed by atoms with Gasteiger partial charge in [0.2, 0.25) is 5.91 Å².